The second-order valence-corrected chi connectivity index (χ2v) is 16.3. The third kappa shape index (κ3) is 5.47. The molecule has 0 aliphatic carbocycles. The summed E-state index contributed by atoms with van der Waals surface area (Å²) < 4.78 is 5.01. The van der Waals surface area contributed by atoms with E-state index in [-0.39, 0.29) is 0 Å². The molecule has 0 aliphatic rings. The summed E-state index contributed by atoms with van der Waals surface area (Å²) in [7, 11) is 0. The van der Waals surface area contributed by atoms with Crippen LogP contribution in [0.1, 0.15) is 0 Å². The number of hydrogen-bond donors (Lipinski definition) is 0. The predicted octanol–water partition coefficient (Wildman–Crippen LogP) is 16.3. The molecule has 0 unspecified atom stereocenters. The molecule has 0 amide bonds. The molecular formula is C56H36N2S. The third-order valence-electron chi connectivity index (χ3n) is 12.0. The highest BCUT2D eigenvalue weighted by Gasteiger charge is 2.20. The highest BCUT2D eigenvalue weighted by atomic mass is 32.1. The average Bonchev–Trinajstić information content (AvgIpc) is 3.85. The third-order valence-corrected chi connectivity index (χ3v) is 13.2. The molecule has 2 heterocycles. The van der Waals surface area contributed by atoms with E-state index in [0.717, 1.165) is 22.7 Å². The maximum atomic E-state index is 2.44. The molecule has 0 saturated carbocycles. The van der Waals surface area contributed by atoms with Gasteiger partial charge < -0.3 is 9.47 Å². The number of rotatable bonds is 6. The van der Waals surface area contributed by atoms with Gasteiger partial charge in [-0.15, -0.1) is 11.3 Å². The molecular weight excluding hydrogens is 733 g/mol. The standard InChI is InChI=1S/C56H36N2S/c1-3-18-44-38(13-1)15-12-23-46(44)47-20-5-8-24-52(47)57(43-32-34-50-51-33-29-39-14-2-4-19-45(39)56(51)59-55(50)36-43)41-30-27-37(28-31-41)40-16-11-17-42(35-40)58-53-25-9-6-21-48(53)49-22-7-10-26-54(49)58/h1-36H. The second kappa shape index (κ2) is 13.6. The average molecular weight is 769 g/mol. The summed E-state index contributed by atoms with van der Waals surface area (Å²) >= 11 is 1.89. The predicted molar refractivity (Wildman–Crippen MR) is 254 cm³/mol. The van der Waals surface area contributed by atoms with E-state index in [1.165, 1.54) is 85.8 Å². The van der Waals surface area contributed by atoms with Crippen LogP contribution in [0, 0.1) is 0 Å². The molecule has 0 aliphatic heterocycles. The van der Waals surface area contributed by atoms with Crippen molar-refractivity contribution in [3.63, 3.8) is 0 Å². The Morgan fingerprint density at radius 3 is 1.75 bits per heavy atom. The topological polar surface area (TPSA) is 8.17 Å². The Bertz CT molecular complexity index is 3510. The number of fused-ring (bicyclic) bond motifs is 9. The lowest BCUT2D eigenvalue weighted by Gasteiger charge is -2.28. The van der Waals surface area contributed by atoms with E-state index >= 15 is 0 Å². The van der Waals surface area contributed by atoms with E-state index in [0.29, 0.717) is 0 Å². The van der Waals surface area contributed by atoms with Crippen LogP contribution in [0.4, 0.5) is 17.1 Å². The summed E-state index contributed by atoms with van der Waals surface area (Å²) in [6.07, 6.45) is 0. The normalized spacial score (nSPS) is 11.7. The van der Waals surface area contributed by atoms with Crippen molar-refractivity contribution in [3.05, 3.63) is 218 Å². The van der Waals surface area contributed by atoms with Crippen LogP contribution >= 0.6 is 11.3 Å². The maximum absolute atomic E-state index is 2.44. The summed E-state index contributed by atoms with van der Waals surface area (Å²) in [4.78, 5) is 2.44. The van der Waals surface area contributed by atoms with Gasteiger partial charge in [0.15, 0.2) is 0 Å². The molecule has 0 fully saturated rings. The van der Waals surface area contributed by atoms with E-state index in [1.807, 2.05) is 11.3 Å². The molecule has 276 valence electrons. The number of anilines is 3. The lowest BCUT2D eigenvalue weighted by Crippen LogP contribution is -2.11. The molecule has 10 aromatic carbocycles. The van der Waals surface area contributed by atoms with Crippen molar-refractivity contribution < 1.29 is 0 Å². The van der Waals surface area contributed by atoms with E-state index in [1.54, 1.807) is 0 Å². The highest BCUT2D eigenvalue weighted by molar-refractivity contribution is 7.26. The van der Waals surface area contributed by atoms with Crippen molar-refractivity contribution in [3.8, 4) is 27.9 Å². The first-order chi connectivity index (χ1) is 29.3. The highest BCUT2D eigenvalue weighted by Crippen LogP contribution is 2.46. The zero-order valence-electron chi connectivity index (χ0n) is 32.1. The van der Waals surface area contributed by atoms with Gasteiger partial charge in [0, 0.05) is 53.6 Å². The van der Waals surface area contributed by atoms with E-state index in [4.69, 9.17) is 0 Å². The zero-order valence-corrected chi connectivity index (χ0v) is 32.9. The number of thiophene rings is 1. The number of benzene rings is 10. The van der Waals surface area contributed by atoms with E-state index < -0.39 is 0 Å². The van der Waals surface area contributed by atoms with Crippen LogP contribution in [0.3, 0.4) is 0 Å². The fourth-order valence-corrected chi connectivity index (χ4v) is 10.5. The van der Waals surface area contributed by atoms with Crippen molar-refractivity contribution in [2.45, 2.75) is 0 Å². The van der Waals surface area contributed by atoms with Crippen molar-refractivity contribution in [2.75, 3.05) is 4.90 Å². The Labute approximate surface area is 346 Å². The fourth-order valence-electron chi connectivity index (χ4n) is 9.24. The van der Waals surface area contributed by atoms with Crippen LogP contribution < -0.4 is 4.90 Å². The van der Waals surface area contributed by atoms with Gasteiger partial charge in [-0.25, -0.2) is 0 Å². The quantitative estimate of drug-likeness (QED) is 0.164. The molecule has 0 atom stereocenters. The van der Waals surface area contributed by atoms with Gasteiger partial charge in [-0.3, -0.25) is 0 Å². The van der Waals surface area contributed by atoms with E-state index in [9.17, 15) is 0 Å². The first kappa shape index (κ1) is 33.7. The van der Waals surface area contributed by atoms with Gasteiger partial charge in [0.2, 0.25) is 0 Å². The number of nitrogens with zero attached hydrogens (tertiary/aromatic N) is 2. The van der Waals surface area contributed by atoms with Crippen molar-refractivity contribution in [2.24, 2.45) is 0 Å². The minimum Gasteiger partial charge on any atom is -0.310 e. The van der Waals surface area contributed by atoms with Crippen LogP contribution in [0.5, 0.6) is 0 Å². The molecule has 0 saturated heterocycles. The number of aromatic nitrogens is 1. The molecule has 0 radical (unpaired) electrons. The van der Waals surface area contributed by atoms with Crippen molar-refractivity contribution >= 4 is 91.9 Å². The summed E-state index contributed by atoms with van der Waals surface area (Å²) in [5.41, 5.74) is 11.7. The van der Waals surface area contributed by atoms with E-state index in [2.05, 4.69) is 228 Å². The van der Waals surface area contributed by atoms with Gasteiger partial charge in [0.25, 0.3) is 0 Å². The Balaban J connectivity index is 1.01. The monoisotopic (exact) mass is 768 g/mol. The van der Waals surface area contributed by atoms with Crippen molar-refractivity contribution in [1.29, 1.82) is 0 Å². The molecule has 0 spiro atoms. The minimum atomic E-state index is 1.10. The first-order valence-corrected chi connectivity index (χ1v) is 21.0. The SMILES string of the molecule is c1cc(-c2ccc(N(c3ccc4c(c3)sc3c5ccccc5ccc43)c3ccccc3-c3cccc4ccccc34)cc2)cc(-n2c3ccccc3c3ccccc32)c1. The van der Waals surface area contributed by atoms with Crippen LogP contribution in [0.25, 0.3) is 91.5 Å². The van der Waals surface area contributed by atoms with Gasteiger partial charge in [-0.05, 0) is 92.8 Å². The van der Waals surface area contributed by atoms with Crippen LogP contribution in [-0.4, -0.2) is 4.57 Å². The molecule has 3 heteroatoms. The molecule has 12 aromatic rings. The summed E-state index contributed by atoms with van der Waals surface area (Å²) in [6.45, 7) is 0. The Morgan fingerprint density at radius 2 is 0.949 bits per heavy atom. The number of para-hydroxylation sites is 3. The van der Waals surface area contributed by atoms with Gasteiger partial charge in [0.05, 0.1) is 16.7 Å². The molecule has 0 N–H and O–H groups in total. The van der Waals surface area contributed by atoms with Crippen LogP contribution in [-0.2, 0) is 0 Å². The second-order valence-electron chi connectivity index (χ2n) is 15.3. The lowest BCUT2D eigenvalue weighted by molar-refractivity contribution is 1.18. The Morgan fingerprint density at radius 1 is 0.356 bits per heavy atom. The Hall–Kier alpha value is -7.46. The molecule has 0 bridgehead atoms. The van der Waals surface area contributed by atoms with Gasteiger partial charge in [-0.1, -0.05) is 164 Å². The van der Waals surface area contributed by atoms with Crippen LogP contribution in [0.2, 0.25) is 0 Å². The molecule has 2 aromatic heterocycles. The minimum absolute atomic E-state index is 1.10. The summed E-state index contributed by atoms with van der Waals surface area (Å²) in [5, 5.41) is 10.2. The van der Waals surface area contributed by atoms with Crippen molar-refractivity contribution in [1.82, 2.24) is 4.57 Å². The van der Waals surface area contributed by atoms with Gasteiger partial charge in [-0.2, -0.15) is 0 Å². The Kier molecular flexibility index (Phi) is 7.75. The summed E-state index contributed by atoms with van der Waals surface area (Å²) in [5.74, 6) is 0. The number of hydrogen-bond acceptors (Lipinski definition) is 2. The van der Waals surface area contributed by atoms with Gasteiger partial charge >= 0.3 is 0 Å². The first-order valence-electron chi connectivity index (χ1n) is 20.2. The molecule has 59 heavy (non-hydrogen) atoms. The maximum Gasteiger partial charge on any atom is 0.0541 e. The largest absolute Gasteiger partial charge is 0.310 e. The molecule has 2 nitrogen and oxygen atoms in total. The summed E-state index contributed by atoms with van der Waals surface area (Å²) in [6, 6.07) is 79.9. The van der Waals surface area contributed by atoms with Crippen LogP contribution in [0.15, 0.2) is 218 Å². The lowest BCUT2D eigenvalue weighted by atomic mass is 9.96. The smallest absolute Gasteiger partial charge is 0.0541 e. The zero-order chi connectivity index (χ0) is 38.9. The van der Waals surface area contributed by atoms with Gasteiger partial charge in [0.1, 0.15) is 0 Å². The fraction of sp³-hybridized carbons (Fsp3) is 0. The molecule has 12 rings (SSSR count).